The summed E-state index contributed by atoms with van der Waals surface area (Å²) in [5, 5.41) is 9.21. The van der Waals surface area contributed by atoms with Gasteiger partial charge < -0.3 is 28.8 Å². The highest BCUT2D eigenvalue weighted by atomic mass is 32.2. The molecule has 19 nitrogen and oxygen atoms in total. The number of nitrogens with zero attached hydrogens (tertiary/aromatic N) is 2. The minimum Gasteiger partial charge on any atom is -0.748 e. The Morgan fingerprint density at radius 1 is 0.746 bits per heavy atom. The van der Waals surface area contributed by atoms with E-state index in [0.717, 1.165) is 0 Å². The van der Waals surface area contributed by atoms with Gasteiger partial charge in [0.05, 0.1) is 50.9 Å². The minimum atomic E-state index is -4.59. The Morgan fingerprint density at radius 2 is 1.33 bits per heavy atom. The number of unbranched alkanes of at least 4 members (excludes halogenated alkanes) is 2. The van der Waals surface area contributed by atoms with E-state index in [1.165, 1.54) is 26.4 Å². The number of fused-ring (bicyclic) bond motifs is 2. The highest BCUT2D eigenvalue weighted by Crippen LogP contribution is 2.51. The number of sulfonamides is 2. The summed E-state index contributed by atoms with van der Waals surface area (Å²) < 4.78 is 145. The normalized spacial score (nSPS) is 19.6. The molecular weight excluding hydrogens is 953 g/mol. The number of hydrogen-bond acceptors (Lipinski definition) is 14. The molecule has 0 aromatic heterocycles. The number of methoxy groups -OCH3 is 3. The van der Waals surface area contributed by atoms with Crippen molar-refractivity contribution in [3.8, 4) is 0 Å². The smallest absolute Gasteiger partial charge is 0.303 e. The minimum absolute atomic E-state index is 0.00113. The molecule has 2 aliphatic rings. The third-order valence-electron chi connectivity index (χ3n) is 11.9. The monoisotopic (exact) mass is 1020 g/mol. The molecule has 4 rings (SSSR count). The second-order valence-corrected chi connectivity index (χ2v) is 23.4. The zero-order valence-electron chi connectivity index (χ0n) is 38.6. The van der Waals surface area contributed by atoms with Crippen molar-refractivity contribution in [2.24, 2.45) is 0 Å². The maximum atomic E-state index is 13.4. The van der Waals surface area contributed by atoms with Gasteiger partial charge in [-0.3, -0.25) is 9.35 Å². The summed E-state index contributed by atoms with van der Waals surface area (Å²) in [6.07, 6.45) is 10.9. The number of allylic oxidation sites excluding steroid dienone is 6. The molecule has 0 spiro atoms. The number of carboxylic acid groups (broad SMARTS) is 1. The van der Waals surface area contributed by atoms with Crippen LogP contribution in [0.1, 0.15) is 76.3 Å². The Hall–Kier alpha value is -3.88. The quantitative estimate of drug-likeness (QED) is 0.0373. The Kier molecular flexibility index (Phi) is 20.0. The second-order valence-electron chi connectivity index (χ2n) is 16.7. The van der Waals surface area contributed by atoms with E-state index in [4.69, 9.17) is 14.2 Å². The summed E-state index contributed by atoms with van der Waals surface area (Å²) in [6.45, 7) is 5.12. The van der Waals surface area contributed by atoms with Gasteiger partial charge in [-0.15, -0.1) is 0 Å². The van der Waals surface area contributed by atoms with Crippen molar-refractivity contribution in [1.29, 1.82) is 0 Å². The number of benzene rings is 2. The van der Waals surface area contributed by atoms with Crippen LogP contribution in [0.15, 0.2) is 82.3 Å². The van der Waals surface area contributed by atoms with E-state index < -0.39 is 68.6 Å². The maximum Gasteiger partial charge on any atom is 0.303 e. The molecule has 0 saturated heterocycles. The first kappa shape index (κ1) is 55.7. The van der Waals surface area contributed by atoms with Gasteiger partial charge in [-0.25, -0.2) is 34.7 Å². The Bertz CT molecular complexity index is 2650. The van der Waals surface area contributed by atoms with Crippen LogP contribution in [0.5, 0.6) is 0 Å². The largest absolute Gasteiger partial charge is 0.748 e. The van der Waals surface area contributed by atoms with E-state index in [9.17, 15) is 52.7 Å². The molecule has 374 valence electrons. The lowest BCUT2D eigenvalue weighted by Crippen LogP contribution is -2.32. The third-order valence-corrected chi connectivity index (χ3v) is 16.4. The number of ether oxygens (including phenoxy) is 3. The number of carbonyl (C=O) groups is 1. The SMILES string of the molecule is COCCNS(=O)(=O)c1ccc2c(c1)C(C)(CCCS(=O)(=O)O)C(=CC=CC=CC1=[N+](CCCCCC(=O)O)c3ccc(S(=O)(=O)NCCOC)cc3C1(C)CCCS(=O)(=O)[O-])N2CCOC. The highest BCUT2D eigenvalue weighted by Gasteiger charge is 2.48. The van der Waals surface area contributed by atoms with Crippen molar-refractivity contribution in [2.45, 2.75) is 85.8 Å². The molecule has 2 aromatic carbocycles. The molecule has 2 aromatic rings. The van der Waals surface area contributed by atoms with Crippen molar-refractivity contribution in [3.05, 3.63) is 83.6 Å². The zero-order chi connectivity index (χ0) is 49.7. The third kappa shape index (κ3) is 15.1. The average Bonchev–Trinajstić information content (AvgIpc) is 3.61. The number of nitrogens with one attached hydrogen (secondary N) is 2. The Balaban J connectivity index is 1.84. The lowest BCUT2D eigenvalue weighted by molar-refractivity contribution is -0.438. The Labute approximate surface area is 395 Å². The molecule has 0 bridgehead atoms. The molecule has 2 unspecified atom stereocenters. The number of carboxylic acids is 1. The molecule has 0 aliphatic carbocycles. The van der Waals surface area contributed by atoms with Crippen LogP contribution < -0.4 is 14.3 Å². The fourth-order valence-corrected chi connectivity index (χ4v) is 11.7. The van der Waals surface area contributed by atoms with Crippen molar-refractivity contribution < 1.29 is 71.5 Å². The van der Waals surface area contributed by atoms with Crippen LogP contribution in [0.25, 0.3) is 0 Å². The van der Waals surface area contributed by atoms with Gasteiger partial charge in [-0.05, 0) is 94.3 Å². The van der Waals surface area contributed by atoms with Crippen LogP contribution in [0.2, 0.25) is 0 Å². The predicted octanol–water partition coefficient (Wildman–Crippen LogP) is 3.95. The lowest BCUT2D eigenvalue weighted by atomic mass is 9.76. The summed E-state index contributed by atoms with van der Waals surface area (Å²) in [6, 6.07) is 9.46. The van der Waals surface area contributed by atoms with Gasteiger partial charge in [0.1, 0.15) is 6.54 Å². The summed E-state index contributed by atoms with van der Waals surface area (Å²) >= 11 is 0. The van der Waals surface area contributed by atoms with Gasteiger partial charge in [0.25, 0.3) is 10.1 Å². The second kappa shape index (κ2) is 24.1. The molecule has 0 fully saturated rings. The van der Waals surface area contributed by atoms with Gasteiger partial charge in [-0.2, -0.15) is 13.0 Å². The van der Waals surface area contributed by atoms with Crippen LogP contribution in [0.3, 0.4) is 0 Å². The summed E-state index contributed by atoms with van der Waals surface area (Å²) in [7, 11) is -12.4. The van der Waals surface area contributed by atoms with Gasteiger partial charge in [0.2, 0.25) is 25.7 Å². The van der Waals surface area contributed by atoms with Gasteiger partial charge in [0, 0.05) is 94.1 Å². The van der Waals surface area contributed by atoms with E-state index in [2.05, 4.69) is 9.44 Å². The summed E-state index contributed by atoms with van der Waals surface area (Å²) in [5.74, 6) is -2.08. The average molecular weight is 1020 g/mol. The summed E-state index contributed by atoms with van der Waals surface area (Å²) in [4.78, 5) is 13.2. The molecule has 0 amide bonds. The number of aliphatic carboxylic acids is 1. The molecule has 2 aliphatic heterocycles. The van der Waals surface area contributed by atoms with Gasteiger partial charge >= 0.3 is 5.97 Å². The molecule has 2 atom stereocenters. The molecule has 4 N–H and O–H groups in total. The van der Waals surface area contributed by atoms with Crippen molar-refractivity contribution >= 4 is 63.3 Å². The van der Waals surface area contributed by atoms with Gasteiger partial charge in [-0.1, -0.05) is 18.2 Å². The number of anilines is 1. The molecule has 23 heteroatoms. The highest BCUT2D eigenvalue weighted by molar-refractivity contribution is 7.89. The Morgan fingerprint density at radius 3 is 1.91 bits per heavy atom. The summed E-state index contributed by atoms with van der Waals surface area (Å²) in [5.41, 5.74) is 1.97. The topological polar surface area (TPSA) is 275 Å². The van der Waals surface area contributed by atoms with Crippen LogP contribution in [-0.4, -0.2) is 143 Å². The molecule has 67 heavy (non-hydrogen) atoms. The maximum absolute atomic E-state index is 13.4. The van der Waals surface area contributed by atoms with Crippen LogP contribution >= 0.6 is 0 Å². The molecular formula is C44H64N4O15S4. The molecule has 0 radical (unpaired) electrons. The van der Waals surface area contributed by atoms with E-state index in [1.54, 1.807) is 49.6 Å². The number of rotatable bonds is 30. The fourth-order valence-electron chi connectivity index (χ4n) is 8.60. The number of hydrogen-bond donors (Lipinski definition) is 4. The van der Waals surface area contributed by atoms with Crippen LogP contribution in [0.4, 0.5) is 11.4 Å². The zero-order valence-corrected chi connectivity index (χ0v) is 41.9. The fraction of sp³-hybridized carbons (Fsp3) is 0.545. The van der Waals surface area contributed by atoms with Crippen LogP contribution in [-0.2, 0) is 70.1 Å². The predicted molar refractivity (Wildman–Crippen MR) is 253 cm³/mol. The first-order chi connectivity index (χ1) is 31.4. The van der Waals surface area contributed by atoms with E-state index >= 15 is 0 Å². The van der Waals surface area contributed by atoms with Crippen molar-refractivity contribution in [3.63, 3.8) is 0 Å². The van der Waals surface area contributed by atoms with Crippen molar-refractivity contribution in [2.75, 3.05) is 83.7 Å². The first-order valence-corrected chi connectivity index (χ1v) is 27.9. The van der Waals surface area contributed by atoms with Crippen LogP contribution in [0, 0.1) is 0 Å². The first-order valence-electron chi connectivity index (χ1n) is 21.8. The molecule has 2 heterocycles. The van der Waals surface area contributed by atoms with Gasteiger partial charge in [0.15, 0.2) is 5.71 Å². The standard InChI is InChI=1S/C44H64N4O15S4/c1-43(21-12-30-64(51,52)53)36-32-34(66(57,58)45-23-27-61-3)17-19-38(36)47(25-11-7-10-16-42(49)50)40(43)14-8-6-9-15-41-44(2,22-13-31-65(54,55)56)37-33-35(67(59,60)46-24-28-62-4)18-20-39(37)48(41)26-29-63-5/h6,8-9,14-15,17-20,32-33,45-46H,7,10-13,16,21-31H2,1-5H3,(H2-,49,50,51,52,53,54,55,56). The lowest BCUT2D eigenvalue weighted by Gasteiger charge is -2.30. The van der Waals surface area contributed by atoms with E-state index in [1.807, 2.05) is 35.5 Å². The van der Waals surface area contributed by atoms with Crippen molar-refractivity contribution in [1.82, 2.24) is 9.44 Å². The molecule has 0 saturated carbocycles. The van der Waals surface area contributed by atoms with E-state index in [-0.39, 0.29) is 74.8 Å². The van der Waals surface area contributed by atoms with E-state index in [0.29, 0.717) is 66.3 Å².